The molecule has 0 aliphatic heterocycles. The Hall–Kier alpha value is 0.200. The number of rotatable bonds is 6. The van der Waals surface area contributed by atoms with Gasteiger partial charge in [-0.05, 0) is 49.3 Å². The molecule has 0 heterocycles. The van der Waals surface area contributed by atoms with E-state index in [-0.39, 0.29) is 5.60 Å². The van der Waals surface area contributed by atoms with Gasteiger partial charge in [0.15, 0.2) is 0 Å². The van der Waals surface area contributed by atoms with Crippen LogP contribution in [-0.4, -0.2) is 10.0 Å². The van der Waals surface area contributed by atoms with Crippen molar-refractivity contribution in [3.63, 3.8) is 0 Å². The van der Waals surface area contributed by atoms with Gasteiger partial charge < -0.3 is 4.74 Å². The van der Waals surface area contributed by atoms with Gasteiger partial charge in [0, 0.05) is 9.45 Å². The van der Waals surface area contributed by atoms with E-state index < -0.39 is 0 Å². The van der Waals surface area contributed by atoms with Crippen molar-refractivity contribution in [2.45, 2.75) is 57.7 Å². The van der Waals surface area contributed by atoms with E-state index in [2.05, 4.69) is 35.6 Å². The van der Waals surface area contributed by atoms with E-state index in [4.69, 9.17) is 16.3 Å². The van der Waals surface area contributed by atoms with Crippen LogP contribution in [0.2, 0.25) is 5.02 Å². The number of ether oxygens (including phenoxy) is 1. The lowest BCUT2D eigenvalue weighted by Gasteiger charge is -2.39. The normalized spacial score (nSPS) is 26.6. The molecule has 2 rings (SSSR count). The van der Waals surface area contributed by atoms with Crippen LogP contribution in [-0.2, 0) is 11.3 Å². The molecule has 1 aromatic rings. The first kappa shape index (κ1) is 16.6. The molecule has 1 aliphatic rings. The van der Waals surface area contributed by atoms with Gasteiger partial charge in [0.2, 0.25) is 0 Å². The van der Waals surface area contributed by atoms with E-state index in [1.807, 2.05) is 18.2 Å². The minimum atomic E-state index is 0.0904. The molecule has 0 bridgehead atoms. The third-order valence-electron chi connectivity index (χ3n) is 4.39. The Morgan fingerprint density at radius 3 is 2.70 bits per heavy atom. The van der Waals surface area contributed by atoms with Crippen molar-refractivity contribution in [1.82, 2.24) is 0 Å². The molecule has 1 fully saturated rings. The third-order valence-corrected chi connectivity index (χ3v) is 6.02. The maximum Gasteiger partial charge on any atom is 0.0776 e. The van der Waals surface area contributed by atoms with E-state index in [0.717, 1.165) is 15.4 Å². The molecule has 0 saturated heterocycles. The summed E-state index contributed by atoms with van der Waals surface area (Å²) in [6, 6.07) is 8.01. The predicted octanol–water partition coefficient (Wildman–Crippen LogP) is 6.02. The highest BCUT2D eigenvalue weighted by Gasteiger charge is 2.35. The van der Waals surface area contributed by atoms with Crippen LogP contribution in [0.25, 0.3) is 0 Å². The van der Waals surface area contributed by atoms with E-state index in [0.29, 0.717) is 6.61 Å². The largest absolute Gasteiger partial charge is 0.370 e. The van der Waals surface area contributed by atoms with Crippen molar-refractivity contribution < 1.29 is 4.74 Å². The Labute approximate surface area is 141 Å². The molecule has 1 aliphatic carbocycles. The van der Waals surface area contributed by atoms with E-state index >= 15 is 0 Å². The lowest BCUT2D eigenvalue weighted by molar-refractivity contribution is -0.0693. The molecule has 0 amide bonds. The fourth-order valence-corrected chi connectivity index (χ4v) is 4.28. The topological polar surface area (TPSA) is 9.23 Å². The van der Waals surface area contributed by atoms with Crippen molar-refractivity contribution in [2.24, 2.45) is 5.92 Å². The van der Waals surface area contributed by atoms with Crippen LogP contribution in [0, 0.1) is 5.92 Å². The Kier molecular flexibility index (Phi) is 6.63. The molecule has 0 unspecified atom stereocenters. The molecule has 112 valence electrons. The highest BCUT2D eigenvalue weighted by Crippen LogP contribution is 2.38. The Morgan fingerprint density at radius 1 is 1.35 bits per heavy atom. The second-order valence-corrected chi connectivity index (χ2v) is 7.17. The van der Waals surface area contributed by atoms with Gasteiger partial charge in [0.1, 0.15) is 0 Å². The average molecular weight is 407 g/mol. The molecule has 0 atom stereocenters. The first-order valence-electron chi connectivity index (χ1n) is 7.62. The number of benzene rings is 1. The van der Waals surface area contributed by atoms with Crippen LogP contribution < -0.4 is 0 Å². The summed E-state index contributed by atoms with van der Waals surface area (Å²) in [6.45, 7) is 2.97. The zero-order valence-corrected chi connectivity index (χ0v) is 15.1. The van der Waals surface area contributed by atoms with Gasteiger partial charge in [0.05, 0.1) is 12.2 Å². The second-order valence-electron chi connectivity index (χ2n) is 5.97. The Bertz CT molecular complexity index is 413. The molecule has 1 nitrogen and oxygen atoms in total. The summed E-state index contributed by atoms with van der Waals surface area (Å²) in [4.78, 5) is 0. The van der Waals surface area contributed by atoms with E-state index in [1.165, 1.54) is 44.1 Å². The van der Waals surface area contributed by atoms with Crippen molar-refractivity contribution >= 4 is 34.2 Å². The molecule has 0 aromatic heterocycles. The summed E-state index contributed by atoms with van der Waals surface area (Å²) in [7, 11) is 0. The van der Waals surface area contributed by atoms with Crippen LogP contribution in [0.4, 0.5) is 0 Å². The van der Waals surface area contributed by atoms with Crippen molar-refractivity contribution in [3.05, 3.63) is 34.9 Å². The Morgan fingerprint density at radius 2 is 2.10 bits per heavy atom. The number of halogens is 2. The fraction of sp³-hybridized carbons (Fsp3) is 0.647. The minimum absolute atomic E-state index is 0.0904. The van der Waals surface area contributed by atoms with Gasteiger partial charge in [0.25, 0.3) is 0 Å². The number of hydrogen-bond donors (Lipinski definition) is 0. The lowest BCUT2D eigenvalue weighted by atomic mass is 9.78. The average Bonchev–Trinajstić information content (AvgIpc) is 2.47. The molecule has 3 heteroatoms. The van der Waals surface area contributed by atoms with Crippen LogP contribution in [0.3, 0.4) is 0 Å². The molecule has 0 spiro atoms. The highest BCUT2D eigenvalue weighted by atomic mass is 127. The van der Waals surface area contributed by atoms with Crippen molar-refractivity contribution in [2.75, 3.05) is 4.43 Å². The first-order chi connectivity index (χ1) is 9.67. The molecule has 0 N–H and O–H groups in total. The van der Waals surface area contributed by atoms with Gasteiger partial charge in [-0.25, -0.2) is 0 Å². The quantitative estimate of drug-likeness (QED) is 0.414. The number of hydrogen-bond acceptors (Lipinski definition) is 1. The van der Waals surface area contributed by atoms with E-state index in [9.17, 15) is 0 Å². The number of alkyl halides is 1. The summed E-state index contributed by atoms with van der Waals surface area (Å²) in [6.07, 6.45) is 7.76. The lowest BCUT2D eigenvalue weighted by Crippen LogP contribution is -2.38. The molecule has 1 saturated carbocycles. The van der Waals surface area contributed by atoms with Gasteiger partial charge in [-0.3, -0.25) is 0 Å². The second kappa shape index (κ2) is 8.00. The molecule has 1 aromatic carbocycles. The summed E-state index contributed by atoms with van der Waals surface area (Å²) in [5, 5.41) is 0.793. The van der Waals surface area contributed by atoms with Crippen LogP contribution in [0.1, 0.15) is 51.0 Å². The summed E-state index contributed by atoms with van der Waals surface area (Å²) in [5.41, 5.74) is 1.27. The molecular formula is C17H24ClIO. The minimum Gasteiger partial charge on any atom is -0.370 e. The van der Waals surface area contributed by atoms with Crippen LogP contribution in [0.15, 0.2) is 24.3 Å². The monoisotopic (exact) mass is 406 g/mol. The maximum absolute atomic E-state index is 6.32. The van der Waals surface area contributed by atoms with E-state index in [1.54, 1.807) is 0 Å². The summed E-state index contributed by atoms with van der Waals surface area (Å²) in [5.74, 6) is 0.922. The molecular weight excluding hydrogens is 383 g/mol. The van der Waals surface area contributed by atoms with Crippen LogP contribution in [0.5, 0.6) is 0 Å². The van der Waals surface area contributed by atoms with Gasteiger partial charge in [-0.2, -0.15) is 0 Å². The van der Waals surface area contributed by atoms with Crippen LogP contribution >= 0.6 is 34.2 Å². The Balaban J connectivity index is 1.89. The summed E-state index contributed by atoms with van der Waals surface area (Å²) >= 11 is 8.52. The fourth-order valence-electron chi connectivity index (χ4n) is 3.08. The standard InChI is InChI=1S/C17H24ClIO/c1-2-4-14-7-9-17(13-19,10-8-14)20-12-15-5-3-6-16(18)11-15/h3,5-6,11,14H,2,4,7-10,12-13H2,1H3. The smallest absolute Gasteiger partial charge is 0.0776 e. The van der Waals surface area contributed by atoms with Gasteiger partial charge in [-0.1, -0.05) is 66.1 Å². The van der Waals surface area contributed by atoms with Gasteiger partial charge >= 0.3 is 0 Å². The predicted molar refractivity (Wildman–Crippen MR) is 94.7 cm³/mol. The maximum atomic E-state index is 6.32. The SMILES string of the molecule is CCCC1CCC(CI)(OCc2cccc(Cl)c2)CC1. The highest BCUT2D eigenvalue weighted by molar-refractivity contribution is 14.1. The summed E-state index contributed by atoms with van der Waals surface area (Å²) < 4.78 is 7.41. The van der Waals surface area contributed by atoms with Crippen molar-refractivity contribution in [1.29, 1.82) is 0 Å². The first-order valence-corrected chi connectivity index (χ1v) is 9.52. The third kappa shape index (κ3) is 4.60. The van der Waals surface area contributed by atoms with Gasteiger partial charge in [-0.15, -0.1) is 0 Å². The molecule has 20 heavy (non-hydrogen) atoms. The van der Waals surface area contributed by atoms with Crippen molar-refractivity contribution in [3.8, 4) is 0 Å². The molecule has 0 radical (unpaired) electrons. The zero-order chi connectivity index (χ0) is 14.4. The zero-order valence-electron chi connectivity index (χ0n) is 12.2.